The second kappa shape index (κ2) is 10.6. The molecular formula is C25H23FN6O4. The van der Waals surface area contributed by atoms with Gasteiger partial charge in [-0.25, -0.2) is 18.7 Å². The lowest BCUT2D eigenvalue weighted by Crippen LogP contribution is -2.48. The van der Waals surface area contributed by atoms with Crippen molar-refractivity contribution in [2.24, 2.45) is 0 Å². The van der Waals surface area contributed by atoms with Crippen LogP contribution in [0.5, 0.6) is 0 Å². The Kier molecular flexibility index (Phi) is 7.19. The van der Waals surface area contributed by atoms with Gasteiger partial charge in [0.25, 0.3) is 17.4 Å². The van der Waals surface area contributed by atoms with E-state index in [1.54, 1.807) is 10.6 Å². The van der Waals surface area contributed by atoms with Gasteiger partial charge in [-0.1, -0.05) is 48.5 Å². The minimum absolute atomic E-state index is 0.149. The zero-order valence-electron chi connectivity index (χ0n) is 19.3. The van der Waals surface area contributed by atoms with Crippen molar-refractivity contribution in [3.8, 4) is 0 Å². The molecule has 2 amide bonds. The van der Waals surface area contributed by atoms with Crippen LogP contribution in [0.3, 0.4) is 0 Å². The van der Waals surface area contributed by atoms with Crippen LogP contribution in [0.4, 0.5) is 4.39 Å². The largest absolute Gasteiger partial charge is 0.333 e. The van der Waals surface area contributed by atoms with Crippen LogP contribution in [0.25, 0.3) is 17.2 Å². The van der Waals surface area contributed by atoms with Crippen molar-refractivity contribution in [2.75, 3.05) is 0 Å². The Morgan fingerprint density at radius 3 is 2.44 bits per heavy atom. The van der Waals surface area contributed by atoms with Gasteiger partial charge in [-0.3, -0.25) is 29.8 Å². The molecule has 10 nitrogen and oxygen atoms in total. The molecule has 0 saturated heterocycles. The van der Waals surface area contributed by atoms with Gasteiger partial charge in [0.1, 0.15) is 12.4 Å². The first-order chi connectivity index (χ1) is 17.4. The van der Waals surface area contributed by atoms with Crippen LogP contribution in [0, 0.1) is 5.82 Å². The lowest BCUT2D eigenvalue weighted by Gasteiger charge is -2.12. The Bertz CT molecular complexity index is 1570. The summed E-state index contributed by atoms with van der Waals surface area (Å²) in [6.45, 7) is 1.78. The van der Waals surface area contributed by atoms with E-state index in [-0.39, 0.29) is 23.3 Å². The average molecular weight is 490 g/mol. The number of fused-ring (bicyclic) bond motifs is 1. The zero-order chi connectivity index (χ0) is 25.7. The van der Waals surface area contributed by atoms with Crippen molar-refractivity contribution in [1.82, 2.24) is 29.5 Å². The van der Waals surface area contributed by atoms with Crippen molar-refractivity contribution >= 4 is 29.1 Å². The monoisotopic (exact) mass is 490 g/mol. The lowest BCUT2D eigenvalue weighted by atomic mass is 10.2. The Labute approximate surface area is 204 Å². The number of hydrogen-bond acceptors (Lipinski definition) is 5. The van der Waals surface area contributed by atoms with E-state index in [4.69, 9.17) is 0 Å². The number of nitrogens with one attached hydrogen (secondary N) is 2. The summed E-state index contributed by atoms with van der Waals surface area (Å²) in [5.74, 6) is -2.02. The van der Waals surface area contributed by atoms with Gasteiger partial charge in [0.05, 0.1) is 12.9 Å². The van der Waals surface area contributed by atoms with E-state index in [1.807, 2.05) is 37.3 Å². The number of aromatic nitrogens is 4. The molecular weight excluding hydrogens is 467 g/mol. The quantitative estimate of drug-likeness (QED) is 0.300. The van der Waals surface area contributed by atoms with Crippen molar-refractivity contribution in [3.63, 3.8) is 0 Å². The van der Waals surface area contributed by atoms with Crippen LogP contribution < -0.4 is 22.1 Å². The summed E-state index contributed by atoms with van der Waals surface area (Å²) in [6, 6.07) is 15.1. The molecule has 0 unspecified atom stereocenters. The molecule has 184 valence electrons. The smallest absolute Gasteiger partial charge is 0.325 e. The van der Waals surface area contributed by atoms with Gasteiger partial charge in [0.15, 0.2) is 11.2 Å². The highest BCUT2D eigenvalue weighted by molar-refractivity contribution is 5.93. The Balaban J connectivity index is 1.56. The van der Waals surface area contributed by atoms with E-state index in [2.05, 4.69) is 15.8 Å². The highest BCUT2D eigenvalue weighted by Gasteiger charge is 2.19. The van der Waals surface area contributed by atoms with E-state index in [9.17, 15) is 23.6 Å². The molecule has 0 bridgehead atoms. The topological polar surface area (TPSA) is 120 Å². The van der Waals surface area contributed by atoms with Crippen molar-refractivity contribution in [1.29, 1.82) is 0 Å². The summed E-state index contributed by atoms with van der Waals surface area (Å²) in [4.78, 5) is 55.2. The standard InChI is InChI=1S/C25H23FN6O4/c1-2-30-16-27-23-22(30)24(35)32(25(36)31(23)14-17-8-4-3-5-9-17)15-21(34)29-28-20(33)13-12-18-10-6-7-11-19(18)26/h3-13,16H,2,14-15H2,1H3,(H,28,33)(H,29,34)/b13-12+. The Hall–Kier alpha value is -4.80. The fourth-order valence-electron chi connectivity index (χ4n) is 3.66. The summed E-state index contributed by atoms with van der Waals surface area (Å²) >= 11 is 0. The molecule has 0 saturated carbocycles. The number of carbonyl (C=O) groups is 2. The number of imidazole rings is 1. The number of nitrogens with zero attached hydrogens (tertiary/aromatic N) is 4. The molecule has 36 heavy (non-hydrogen) atoms. The Morgan fingerprint density at radius 2 is 1.72 bits per heavy atom. The first-order valence-electron chi connectivity index (χ1n) is 11.1. The number of rotatable bonds is 7. The molecule has 0 spiro atoms. The molecule has 0 aliphatic heterocycles. The summed E-state index contributed by atoms with van der Waals surface area (Å²) in [7, 11) is 0. The summed E-state index contributed by atoms with van der Waals surface area (Å²) in [5.41, 5.74) is 4.36. The molecule has 2 N–H and O–H groups in total. The third kappa shape index (κ3) is 5.14. The van der Waals surface area contributed by atoms with Gasteiger partial charge in [0, 0.05) is 18.2 Å². The predicted molar refractivity (Wildman–Crippen MR) is 131 cm³/mol. The van der Waals surface area contributed by atoms with Gasteiger partial charge in [-0.05, 0) is 24.6 Å². The second-order valence-electron chi connectivity index (χ2n) is 7.84. The molecule has 0 aliphatic carbocycles. The predicted octanol–water partition coefficient (Wildman–Crippen LogP) is 1.43. The van der Waals surface area contributed by atoms with Crippen molar-refractivity contribution in [2.45, 2.75) is 26.6 Å². The van der Waals surface area contributed by atoms with Gasteiger partial charge in [-0.2, -0.15) is 0 Å². The number of hydrogen-bond donors (Lipinski definition) is 2. The molecule has 11 heteroatoms. The maximum absolute atomic E-state index is 13.7. The molecule has 0 aliphatic rings. The molecule has 2 aromatic carbocycles. The number of halogens is 1. The third-order valence-electron chi connectivity index (χ3n) is 5.45. The number of amides is 2. The zero-order valence-corrected chi connectivity index (χ0v) is 19.3. The maximum Gasteiger partial charge on any atom is 0.333 e. The fourth-order valence-corrected chi connectivity index (χ4v) is 3.66. The normalized spacial score (nSPS) is 11.2. The highest BCUT2D eigenvalue weighted by Crippen LogP contribution is 2.10. The molecule has 2 aromatic heterocycles. The molecule has 0 radical (unpaired) electrons. The van der Waals surface area contributed by atoms with Crippen LogP contribution in [0.15, 0.2) is 76.6 Å². The van der Waals surface area contributed by atoms with E-state index in [0.29, 0.717) is 6.54 Å². The van der Waals surface area contributed by atoms with Gasteiger partial charge in [0.2, 0.25) is 0 Å². The van der Waals surface area contributed by atoms with Gasteiger partial charge in [-0.15, -0.1) is 0 Å². The lowest BCUT2D eigenvalue weighted by molar-refractivity contribution is -0.127. The van der Waals surface area contributed by atoms with Crippen LogP contribution in [0.2, 0.25) is 0 Å². The highest BCUT2D eigenvalue weighted by atomic mass is 19.1. The first kappa shape index (κ1) is 24.3. The molecule has 0 fully saturated rings. The van der Waals surface area contributed by atoms with Crippen LogP contribution in [-0.2, 0) is 29.2 Å². The van der Waals surface area contributed by atoms with Crippen LogP contribution in [-0.4, -0.2) is 30.5 Å². The third-order valence-corrected chi connectivity index (χ3v) is 5.45. The summed E-state index contributed by atoms with van der Waals surface area (Å²) < 4.78 is 17.4. The average Bonchev–Trinajstić information content (AvgIpc) is 3.32. The first-order valence-corrected chi connectivity index (χ1v) is 11.1. The van der Waals surface area contributed by atoms with E-state index < -0.39 is 35.4 Å². The Morgan fingerprint density at radius 1 is 1.00 bits per heavy atom. The molecule has 4 rings (SSSR count). The van der Waals surface area contributed by atoms with Crippen LogP contribution in [0.1, 0.15) is 18.1 Å². The second-order valence-corrected chi connectivity index (χ2v) is 7.84. The van der Waals surface area contributed by atoms with Crippen LogP contribution >= 0.6 is 0 Å². The fraction of sp³-hybridized carbons (Fsp3) is 0.160. The van der Waals surface area contributed by atoms with Gasteiger partial charge >= 0.3 is 5.69 Å². The minimum Gasteiger partial charge on any atom is -0.325 e. The number of hydrazine groups is 1. The summed E-state index contributed by atoms with van der Waals surface area (Å²) in [6.07, 6.45) is 3.77. The van der Waals surface area contributed by atoms with Crippen molar-refractivity contribution < 1.29 is 14.0 Å². The van der Waals surface area contributed by atoms with E-state index in [1.165, 1.54) is 35.2 Å². The molecule has 4 aromatic rings. The van der Waals surface area contributed by atoms with Crippen molar-refractivity contribution in [3.05, 3.63) is 105 Å². The SMILES string of the molecule is CCn1cnc2c1c(=O)n(CC(=O)NNC(=O)/C=C/c1ccccc1F)c(=O)n2Cc1ccccc1. The van der Waals surface area contributed by atoms with Gasteiger partial charge < -0.3 is 4.57 Å². The molecule has 2 heterocycles. The molecule has 0 atom stereocenters. The maximum atomic E-state index is 13.7. The summed E-state index contributed by atoms with van der Waals surface area (Å²) in [5, 5.41) is 0. The van der Waals surface area contributed by atoms with E-state index >= 15 is 0 Å². The number of carbonyl (C=O) groups excluding carboxylic acids is 2. The minimum atomic E-state index is -0.796. The number of benzene rings is 2. The van der Waals surface area contributed by atoms with E-state index in [0.717, 1.165) is 16.2 Å². The number of aryl methyl sites for hydroxylation is 1.